The Kier molecular flexibility index (Phi) is 5.62. The van der Waals surface area contributed by atoms with Crippen molar-refractivity contribution in [2.75, 3.05) is 6.54 Å². The van der Waals surface area contributed by atoms with Gasteiger partial charge in [-0.2, -0.15) is 0 Å². The van der Waals surface area contributed by atoms with Gasteiger partial charge in [0.15, 0.2) is 5.78 Å². The topological polar surface area (TPSA) is 71.5 Å². The number of carbonyl (C=O) groups is 2. The molecule has 27 heavy (non-hydrogen) atoms. The van der Waals surface area contributed by atoms with Gasteiger partial charge in [0.25, 0.3) is 10.0 Å². The maximum absolute atomic E-state index is 13.1. The van der Waals surface area contributed by atoms with E-state index in [4.69, 9.17) is 11.6 Å². The largest absolute Gasteiger partial charge is 0.298 e. The summed E-state index contributed by atoms with van der Waals surface area (Å²) in [6.07, 6.45) is 0.602. The summed E-state index contributed by atoms with van der Waals surface area (Å²) in [7, 11) is -4.17. The molecule has 0 N–H and O–H groups in total. The van der Waals surface area contributed by atoms with E-state index in [1.807, 2.05) is 0 Å². The zero-order valence-electron chi connectivity index (χ0n) is 14.3. The number of carbonyl (C=O) groups excluding carboxylic acids is 2. The van der Waals surface area contributed by atoms with Crippen molar-refractivity contribution in [2.45, 2.75) is 24.2 Å². The van der Waals surface area contributed by atoms with Crippen molar-refractivity contribution < 1.29 is 22.4 Å². The van der Waals surface area contributed by atoms with Gasteiger partial charge in [0.2, 0.25) is 5.91 Å². The number of ketones is 1. The highest BCUT2D eigenvalue weighted by molar-refractivity contribution is 7.89. The van der Waals surface area contributed by atoms with Gasteiger partial charge in [0, 0.05) is 17.4 Å². The lowest BCUT2D eigenvalue weighted by atomic mass is 9.94. The minimum absolute atomic E-state index is 0.101. The van der Waals surface area contributed by atoms with Gasteiger partial charge >= 0.3 is 0 Å². The summed E-state index contributed by atoms with van der Waals surface area (Å²) in [6, 6.07) is 11.1. The summed E-state index contributed by atoms with van der Waals surface area (Å²) in [5.74, 6) is -2.01. The molecule has 0 saturated carbocycles. The fourth-order valence-electron chi connectivity index (χ4n) is 3.01. The number of hydrogen-bond acceptors (Lipinski definition) is 4. The average molecular weight is 410 g/mol. The maximum atomic E-state index is 13.1. The SMILES string of the molecule is O=C1CCC(Cc2ccc(F)cc2)C(=O)N(S(=O)(=O)c2ccc(Cl)cc2)C1. The van der Waals surface area contributed by atoms with Crippen LogP contribution in [0.25, 0.3) is 0 Å². The molecule has 142 valence electrons. The summed E-state index contributed by atoms with van der Waals surface area (Å²) in [5, 5.41) is 0.362. The molecule has 5 nitrogen and oxygen atoms in total. The molecule has 3 rings (SSSR count). The molecule has 8 heteroatoms. The molecule has 1 amide bonds. The second-order valence-electron chi connectivity index (χ2n) is 6.41. The monoisotopic (exact) mass is 409 g/mol. The maximum Gasteiger partial charge on any atom is 0.266 e. The molecule has 0 bridgehead atoms. The number of hydrogen-bond donors (Lipinski definition) is 0. The first-order valence-electron chi connectivity index (χ1n) is 8.35. The van der Waals surface area contributed by atoms with Crippen LogP contribution in [0.15, 0.2) is 53.4 Å². The molecular weight excluding hydrogens is 393 g/mol. The lowest BCUT2D eigenvalue weighted by Gasteiger charge is -2.23. The molecular formula is C19H17ClFNO4S. The number of nitrogens with zero attached hydrogens (tertiary/aromatic N) is 1. The number of sulfonamides is 1. The lowest BCUT2D eigenvalue weighted by molar-refractivity contribution is -0.131. The van der Waals surface area contributed by atoms with Crippen LogP contribution in [0.5, 0.6) is 0 Å². The normalized spacial score (nSPS) is 18.4. The van der Waals surface area contributed by atoms with E-state index in [0.717, 1.165) is 0 Å². The van der Waals surface area contributed by atoms with E-state index >= 15 is 0 Å². The van der Waals surface area contributed by atoms with Crippen molar-refractivity contribution in [3.8, 4) is 0 Å². The Morgan fingerprint density at radius 1 is 1.04 bits per heavy atom. The molecule has 1 heterocycles. The Balaban J connectivity index is 1.91. The van der Waals surface area contributed by atoms with Crippen molar-refractivity contribution >= 4 is 33.3 Å². The summed E-state index contributed by atoms with van der Waals surface area (Å²) >= 11 is 5.79. The summed E-state index contributed by atoms with van der Waals surface area (Å²) in [4.78, 5) is 24.9. The zero-order valence-corrected chi connectivity index (χ0v) is 15.8. The predicted octanol–water partition coefficient (Wildman–Crippen LogP) is 3.22. The predicted molar refractivity (Wildman–Crippen MR) is 98.2 cm³/mol. The van der Waals surface area contributed by atoms with Gasteiger partial charge in [-0.1, -0.05) is 23.7 Å². The van der Waals surface area contributed by atoms with Gasteiger partial charge < -0.3 is 0 Å². The van der Waals surface area contributed by atoms with Crippen molar-refractivity contribution in [1.82, 2.24) is 4.31 Å². The Labute approximate surface area is 161 Å². The molecule has 2 aromatic rings. The fraction of sp³-hybridized carbons (Fsp3) is 0.263. The first kappa shape index (κ1) is 19.5. The quantitative estimate of drug-likeness (QED) is 0.777. The van der Waals surface area contributed by atoms with Crippen LogP contribution in [-0.2, 0) is 26.0 Å². The molecule has 1 fully saturated rings. The van der Waals surface area contributed by atoms with Gasteiger partial charge in [-0.3, -0.25) is 9.59 Å². The molecule has 1 aliphatic heterocycles. The second kappa shape index (κ2) is 7.78. The minimum Gasteiger partial charge on any atom is -0.298 e. The highest BCUT2D eigenvalue weighted by Crippen LogP contribution is 2.26. The Hall–Kier alpha value is -2.25. The molecule has 0 aromatic heterocycles. The highest BCUT2D eigenvalue weighted by atomic mass is 35.5. The smallest absolute Gasteiger partial charge is 0.266 e. The Bertz CT molecular complexity index is 958. The van der Waals surface area contributed by atoms with E-state index in [0.29, 0.717) is 14.9 Å². The van der Waals surface area contributed by atoms with E-state index in [-0.39, 0.29) is 29.9 Å². The van der Waals surface area contributed by atoms with Crippen molar-refractivity contribution in [2.24, 2.45) is 5.92 Å². The van der Waals surface area contributed by atoms with E-state index in [9.17, 15) is 22.4 Å². The van der Waals surface area contributed by atoms with Crippen LogP contribution in [0, 0.1) is 11.7 Å². The highest BCUT2D eigenvalue weighted by Gasteiger charge is 2.37. The number of halogens is 2. The summed E-state index contributed by atoms with van der Waals surface area (Å²) in [6.45, 7) is -0.482. The fourth-order valence-corrected chi connectivity index (χ4v) is 4.57. The number of benzene rings is 2. The van der Waals surface area contributed by atoms with Gasteiger partial charge in [-0.25, -0.2) is 17.1 Å². The standard InChI is InChI=1S/C19H17ClFNO4S/c20-15-4-9-18(10-5-15)27(25,26)22-12-17(23)8-3-14(19(22)24)11-13-1-6-16(21)7-2-13/h1-2,4-7,9-10,14H,3,8,11-12H2. The first-order valence-corrected chi connectivity index (χ1v) is 10.2. The van der Waals surface area contributed by atoms with Gasteiger partial charge in [0.05, 0.1) is 11.4 Å². The van der Waals surface area contributed by atoms with Crippen LogP contribution in [0.2, 0.25) is 5.02 Å². The third-order valence-electron chi connectivity index (χ3n) is 4.48. The van der Waals surface area contributed by atoms with Crippen LogP contribution in [-0.4, -0.2) is 31.0 Å². The first-order chi connectivity index (χ1) is 12.8. The van der Waals surface area contributed by atoms with E-state index in [2.05, 4.69) is 0 Å². The Morgan fingerprint density at radius 3 is 2.30 bits per heavy atom. The molecule has 0 spiro atoms. The molecule has 1 unspecified atom stereocenters. The van der Waals surface area contributed by atoms with Crippen LogP contribution in [0.4, 0.5) is 4.39 Å². The third-order valence-corrected chi connectivity index (χ3v) is 6.49. The van der Waals surface area contributed by atoms with E-state index < -0.39 is 34.2 Å². The van der Waals surface area contributed by atoms with Crippen LogP contribution < -0.4 is 0 Å². The van der Waals surface area contributed by atoms with Gasteiger partial charge in [0.1, 0.15) is 5.82 Å². The molecule has 1 saturated heterocycles. The van der Waals surface area contributed by atoms with Crippen LogP contribution >= 0.6 is 11.6 Å². The van der Waals surface area contributed by atoms with Crippen LogP contribution in [0.3, 0.4) is 0 Å². The summed E-state index contributed by atoms with van der Waals surface area (Å²) in [5.41, 5.74) is 0.702. The lowest BCUT2D eigenvalue weighted by Crippen LogP contribution is -2.42. The van der Waals surface area contributed by atoms with Crippen molar-refractivity contribution in [1.29, 1.82) is 0 Å². The van der Waals surface area contributed by atoms with E-state index in [1.165, 1.54) is 36.4 Å². The van der Waals surface area contributed by atoms with Crippen molar-refractivity contribution in [3.63, 3.8) is 0 Å². The van der Waals surface area contributed by atoms with Crippen LogP contribution in [0.1, 0.15) is 18.4 Å². The minimum atomic E-state index is -4.17. The molecule has 0 radical (unpaired) electrons. The molecule has 1 atom stereocenters. The van der Waals surface area contributed by atoms with Crippen molar-refractivity contribution in [3.05, 3.63) is 64.9 Å². The molecule has 0 aliphatic carbocycles. The number of amides is 1. The van der Waals surface area contributed by atoms with Gasteiger partial charge in [-0.15, -0.1) is 0 Å². The van der Waals surface area contributed by atoms with E-state index in [1.54, 1.807) is 12.1 Å². The number of rotatable bonds is 4. The summed E-state index contributed by atoms with van der Waals surface area (Å²) < 4.78 is 39.6. The molecule has 2 aromatic carbocycles. The number of Topliss-reactive ketones (excluding diaryl/α,β-unsaturated/α-hetero) is 1. The Morgan fingerprint density at radius 2 is 1.67 bits per heavy atom. The second-order valence-corrected chi connectivity index (χ2v) is 8.71. The van der Waals surface area contributed by atoms with Gasteiger partial charge in [-0.05, 0) is 54.8 Å². The molecule has 1 aliphatic rings. The zero-order chi connectivity index (χ0) is 19.6. The average Bonchev–Trinajstić information content (AvgIpc) is 2.77. The third kappa shape index (κ3) is 4.36.